The fourth-order valence-electron chi connectivity index (χ4n) is 8.49. The summed E-state index contributed by atoms with van der Waals surface area (Å²) < 4.78 is 6.74. The van der Waals surface area contributed by atoms with Gasteiger partial charge >= 0.3 is 0 Å². The molecule has 10 aromatic carbocycles. The molecule has 0 unspecified atom stereocenters. The third-order valence-corrected chi connectivity index (χ3v) is 11.5. The summed E-state index contributed by atoms with van der Waals surface area (Å²) in [5.41, 5.74) is 14.5. The van der Waals surface area contributed by atoms with Crippen molar-refractivity contribution in [3.63, 3.8) is 0 Å². The van der Waals surface area contributed by atoms with Gasteiger partial charge in [0.1, 0.15) is 11.2 Å². The normalized spacial score (nSPS) is 11.4. The summed E-state index contributed by atoms with van der Waals surface area (Å²) in [7, 11) is 0. The standard InChI is InChI=1S/C56H37NO/c1-3-11-38(12-4-1)41-21-28-47(29-22-41)57(48-30-23-42(24-31-48)39-13-5-2-6-14-39)49-32-25-43(26-33-49)45-27-34-51-54-37-53(46-20-19-40-15-7-8-16-44(40)35-46)50-17-9-10-18-52(50)56(54)58-55(51)36-45/h1-37H. The molecule has 272 valence electrons. The van der Waals surface area contributed by atoms with Gasteiger partial charge in [0.25, 0.3) is 0 Å². The Morgan fingerprint density at radius 2 is 0.741 bits per heavy atom. The molecular formula is C56H37NO. The lowest BCUT2D eigenvalue weighted by Gasteiger charge is -2.26. The van der Waals surface area contributed by atoms with Crippen molar-refractivity contribution in [3.8, 4) is 44.5 Å². The molecule has 0 N–H and O–H groups in total. The first-order chi connectivity index (χ1) is 28.7. The SMILES string of the molecule is c1ccc(-c2ccc(N(c3ccc(-c4ccccc4)cc3)c3ccc(-c4ccc5c(c4)oc4c6ccccc6c(-c6ccc7ccccc7c6)cc54)cc3)cc2)cc1. The third-order valence-electron chi connectivity index (χ3n) is 11.5. The molecule has 0 atom stereocenters. The molecular weight excluding hydrogens is 703 g/mol. The molecule has 11 aromatic rings. The van der Waals surface area contributed by atoms with Gasteiger partial charge in [-0.1, -0.05) is 164 Å². The van der Waals surface area contributed by atoms with E-state index < -0.39 is 0 Å². The molecule has 0 spiro atoms. The maximum atomic E-state index is 6.74. The van der Waals surface area contributed by atoms with Crippen molar-refractivity contribution in [2.24, 2.45) is 0 Å². The van der Waals surface area contributed by atoms with Crippen molar-refractivity contribution >= 4 is 60.5 Å². The summed E-state index contributed by atoms with van der Waals surface area (Å²) in [5, 5.41) is 7.04. The summed E-state index contributed by atoms with van der Waals surface area (Å²) in [6.45, 7) is 0. The smallest absolute Gasteiger partial charge is 0.143 e. The van der Waals surface area contributed by atoms with E-state index in [2.05, 4.69) is 229 Å². The zero-order valence-electron chi connectivity index (χ0n) is 31.7. The van der Waals surface area contributed by atoms with Crippen LogP contribution < -0.4 is 4.90 Å². The van der Waals surface area contributed by atoms with Gasteiger partial charge in [-0.2, -0.15) is 0 Å². The van der Waals surface area contributed by atoms with Gasteiger partial charge in [0, 0.05) is 33.2 Å². The first kappa shape index (κ1) is 33.6. The van der Waals surface area contributed by atoms with Gasteiger partial charge in [-0.25, -0.2) is 0 Å². The summed E-state index contributed by atoms with van der Waals surface area (Å²) >= 11 is 0. The van der Waals surface area contributed by atoms with Gasteiger partial charge in [-0.05, 0) is 121 Å². The molecule has 2 heteroatoms. The van der Waals surface area contributed by atoms with Crippen molar-refractivity contribution in [2.45, 2.75) is 0 Å². The molecule has 0 saturated heterocycles. The van der Waals surface area contributed by atoms with Crippen LogP contribution in [0.3, 0.4) is 0 Å². The highest BCUT2D eigenvalue weighted by Gasteiger charge is 2.17. The van der Waals surface area contributed by atoms with Crippen LogP contribution >= 0.6 is 0 Å². The van der Waals surface area contributed by atoms with Crippen molar-refractivity contribution < 1.29 is 4.42 Å². The number of hydrogen-bond acceptors (Lipinski definition) is 2. The Hall–Kier alpha value is -7.68. The highest BCUT2D eigenvalue weighted by Crippen LogP contribution is 2.42. The Bertz CT molecular complexity index is 3150. The van der Waals surface area contributed by atoms with Crippen molar-refractivity contribution in [3.05, 3.63) is 224 Å². The Balaban J connectivity index is 0.966. The van der Waals surface area contributed by atoms with Crippen LogP contribution in [0.15, 0.2) is 229 Å². The fourth-order valence-corrected chi connectivity index (χ4v) is 8.49. The molecule has 1 heterocycles. The lowest BCUT2D eigenvalue weighted by Crippen LogP contribution is -2.09. The van der Waals surface area contributed by atoms with Crippen LogP contribution in [0.4, 0.5) is 17.1 Å². The largest absolute Gasteiger partial charge is 0.455 e. The molecule has 1 aromatic heterocycles. The molecule has 0 bridgehead atoms. The monoisotopic (exact) mass is 739 g/mol. The zero-order valence-corrected chi connectivity index (χ0v) is 31.7. The Labute approximate surface area is 337 Å². The molecule has 0 amide bonds. The minimum absolute atomic E-state index is 0.885. The maximum absolute atomic E-state index is 6.74. The highest BCUT2D eigenvalue weighted by molar-refractivity contribution is 6.19. The second kappa shape index (κ2) is 14.1. The first-order valence-corrected chi connectivity index (χ1v) is 19.8. The van der Waals surface area contributed by atoms with E-state index in [1.165, 1.54) is 49.5 Å². The van der Waals surface area contributed by atoms with Crippen molar-refractivity contribution in [1.82, 2.24) is 0 Å². The number of anilines is 3. The predicted octanol–water partition coefficient (Wildman–Crippen LogP) is 16.0. The van der Waals surface area contributed by atoms with E-state index in [-0.39, 0.29) is 0 Å². The van der Waals surface area contributed by atoms with Crippen LogP contribution in [-0.2, 0) is 0 Å². The zero-order chi connectivity index (χ0) is 38.4. The van der Waals surface area contributed by atoms with E-state index in [1.54, 1.807) is 0 Å². The van der Waals surface area contributed by atoms with Gasteiger partial charge in [0.2, 0.25) is 0 Å². The quantitative estimate of drug-likeness (QED) is 0.162. The summed E-state index contributed by atoms with van der Waals surface area (Å²) in [6.07, 6.45) is 0. The molecule has 0 aliphatic heterocycles. The van der Waals surface area contributed by atoms with Gasteiger partial charge in [-0.3, -0.25) is 0 Å². The number of nitrogens with zero attached hydrogens (tertiary/aromatic N) is 1. The van der Waals surface area contributed by atoms with Crippen LogP contribution in [0.2, 0.25) is 0 Å². The average molecular weight is 740 g/mol. The summed E-state index contributed by atoms with van der Waals surface area (Å²) in [5.74, 6) is 0. The number of furan rings is 1. The highest BCUT2D eigenvalue weighted by atomic mass is 16.3. The third kappa shape index (κ3) is 6.00. The average Bonchev–Trinajstić information content (AvgIpc) is 3.68. The van der Waals surface area contributed by atoms with Crippen LogP contribution in [0.5, 0.6) is 0 Å². The van der Waals surface area contributed by atoms with Crippen molar-refractivity contribution in [2.75, 3.05) is 4.90 Å². The summed E-state index contributed by atoms with van der Waals surface area (Å²) in [4.78, 5) is 2.33. The molecule has 2 nitrogen and oxygen atoms in total. The maximum Gasteiger partial charge on any atom is 0.143 e. The van der Waals surface area contributed by atoms with E-state index in [9.17, 15) is 0 Å². The van der Waals surface area contributed by atoms with Crippen molar-refractivity contribution in [1.29, 1.82) is 0 Å². The Morgan fingerprint density at radius 1 is 0.276 bits per heavy atom. The number of fused-ring (bicyclic) bond motifs is 6. The molecule has 58 heavy (non-hydrogen) atoms. The summed E-state index contributed by atoms with van der Waals surface area (Å²) in [6, 6.07) is 80.5. The molecule has 11 rings (SSSR count). The minimum atomic E-state index is 0.885. The van der Waals surface area contributed by atoms with Gasteiger partial charge in [0.05, 0.1) is 0 Å². The number of benzene rings is 10. The lowest BCUT2D eigenvalue weighted by molar-refractivity contribution is 0.673. The van der Waals surface area contributed by atoms with Crippen LogP contribution in [0.1, 0.15) is 0 Å². The first-order valence-electron chi connectivity index (χ1n) is 19.8. The van der Waals surface area contributed by atoms with E-state index in [1.807, 2.05) is 0 Å². The van der Waals surface area contributed by atoms with E-state index in [4.69, 9.17) is 4.42 Å². The van der Waals surface area contributed by atoms with Gasteiger partial charge < -0.3 is 9.32 Å². The predicted molar refractivity (Wildman–Crippen MR) is 245 cm³/mol. The second-order valence-corrected chi connectivity index (χ2v) is 14.9. The molecule has 0 radical (unpaired) electrons. The van der Waals surface area contributed by atoms with Crippen LogP contribution in [0.25, 0.3) is 88.0 Å². The molecule has 0 saturated carbocycles. The molecule has 0 aliphatic carbocycles. The van der Waals surface area contributed by atoms with E-state index in [0.717, 1.165) is 55.5 Å². The van der Waals surface area contributed by atoms with Crippen LogP contribution in [-0.4, -0.2) is 0 Å². The van der Waals surface area contributed by atoms with Crippen LogP contribution in [0, 0.1) is 0 Å². The number of hydrogen-bond donors (Lipinski definition) is 0. The van der Waals surface area contributed by atoms with Gasteiger partial charge in [-0.15, -0.1) is 0 Å². The lowest BCUT2D eigenvalue weighted by atomic mass is 9.94. The molecule has 0 aliphatic rings. The Kier molecular flexibility index (Phi) is 8.19. The Morgan fingerprint density at radius 3 is 1.34 bits per heavy atom. The topological polar surface area (TPSA) is 16.4 Å². The minimum Gasteiger partial charge on any atom is -0.455 e. The van der Waals surface area contributed by atoms with E-state index >= 15 is 0 Å². The second-order valence-electron chi connectivity index (χ2n) is 14.9. The fraction of sp³-hybridized carbons (Fsp3) is 0. The number of rotatable bonds is 7. The van der Waals surface area contributed by atoms with E-state index in [0.29, 0.717) is 0 Å². The van der Waals surface area contributed by atoms with Gasteiger partial charge in [0.15, 0.2) is 0 Å². The molecule has 0 fully saturated rings.